The highest BCUT2D eigenvalue weighted by Gasteiger charge is 2.33. The molecule has 1 aliphatic carbocycles. The molecule has 0 aromatic heterocycles. The van der Waals surface area contributed by atoms with Crippen molar-refractivity contribution in [2.45, 2.75) is 46.1 Å². The number of hydrogen-bond donors (Lipinski definition) is 1. The molecule has 0 amide bonds. The molecule has 0 radical (unpaired) electrons. The number of hydrogen-bond acceptors (Lipinski definition) is 2. The molecule has 1 N–H and O–H groups in total. The fourth-order valence-electron chi connectivity index (χ4n) is 2.35. The molecule has 2 nitrogen and oxygen atoms in total. The van der Waals surface area contributed by atoms with Crippen molar-refractivity contribution in [1.29, 1.82) is 0 Å². The Balaban J connectivity index is 1.72. The number of rotatable bonds is 3. The van der Waals surface area contributed by atoms with Crippen LogP contribution in [-0.4, -0.2) is 37.1 Å². The van der Waals surface area contributed by atoms with Crippen molar-refractivity contribution >= 4 is 0 Å². The Bertz CT molecular complexity index is 203. The summed E-state index contributed by atoms with van der Waals surface area (Å²) in [7, 11) is 0. The van der Waals surface area contributed by atoms with Crippen molar-refractivity contribution < 1.29 is 0 Å². The highest BCUT2D eigenvalue weighted by Crippen LogP contribution is 2.33. The summed E-state index contributed by atoms with van der Waals surface area (Å²) in [6.45, 7) is 12.1. The van der Waals surface area contributed by atoms with Gasteiger partial charge in [-0.15, -0.1) is 0 Å². The molecule has 0 aromatic carbocycles. The van der Waals surface area contributed by atoms with Crippen molar-refractivity contribution in [2.75, 3.05) is 26.2 Å². The van der Waals surface area contributed by atoms with E-state index in [1.54, 1.807) is 0 Å². The minimum Gasteiger partial charge on any atom is -0.311 e. The second kappa shape index (κ2) is 4.42. The van der Waals surface area contributed by atoms with E-state index in [4.69, 9.17) is 0 Å². The number of nitrogens with one attached hydrogen (secondary N) is 1. The van der Waals surface area contributed by atoms with Crippen molar-refractivity contribution in [3.63, 3.8) is 0 Å². The van der Waals surface area contributed by atoms with Crippen LogP contribution in [0.3, 0.4) is 0 Å². The first-order chi connectivity index (χ1) is 7.04. The fourth-order valence-corrected chi connectivity index (χ4v) is 2.35. The third kappa shape index (κ3) is 3.76. The van der Waals surface area contributed by atoms with Gasteiger partial charge in [-0.3, -0.25) is 0 Å². The average Bonchev–Trinajstić information content (AvgIpc) is 2.97. The molecule has 2 fully saturated rings. The zero-order valence-corrected chi connectivity index (χ0v) is 10.6. The minimum absolute atomic E-state index is 0.486. The van der Waals surface area contributed by atoms with E-state index in [9.17, 15) is 0 Å². The molecule has 15 heavy (non-hydrogen) atoms. The minimum atomic E-state index is 0.486. The lowest BCUT2D eigenvalue weighted by Crippen LogP contribution is -2.52. The Hall–Kier alpha value is -0.0800. The monoisotopic (exact) mass is 210 g/mol. The van der Waals surface area contributed by atoms with Gasteiger partial charge in [0.1, 0.15) is 0 Å². The number of piperazine rings is 1. The molecule has 1 saturated heterocycles. The van der Waals surface area contributed by atoms with E-state index in [0.29, 0.717) is 5.41 Å². The second-order valence-electron chi connectivity index (χ2n) is 6.51. The van der Waals surface area contributed by atoms with E-state index >= 15 is 0 Å². The van der Waals surface area contributed by atoms with Crippen molar-refractivity contribution in [2.24, 2.45) is 11.3 Å². The van der Waals surface area contributed by atoms with Gasteiger partial charge in [-0.25, -0.2) is 0 Å². The maximum absolute atomic E-state index is 3.67. The SMILES string of the molecule is CC(C)(C)CCN1CCNC(C2CC2)C1. The Kier molecular flexibility index (Phi) is 3.36. The summed E-state index contributed by atoms with van der Waals surface area (Å²) in [5.74, 6) is 1.00. The molecule has 1 saturated carbocycles. The standard InChI is InChI=1S/C13H26N2/c1-13(2,3)6-8-15-9-7-14-12(10-15)11-4-5-11/h11-12,14H,4-10H2,1-3H3. The smallest absolute Gasteiger partial charge is 0.0223 e. The Labute approximate surface area is 94.4 Å². The fraction of sp³-hybridized carbons (Fsp3) is 1.00. The highest BCUT2D eigenvalue weighted by atomic mass is 15.2. The lowest BCUT2D eigenvalue weighted by atomic mass is 9.92. The topological polar surface area (TPSA) is 15.3 Å². The van der Waals surface area contributed by atoms with E-state index in [0.717, 1.165) is 12.0 Å². The van der Waals surface area contributed by atoms with Crippen LogP contribution in [-0.2, 0) is 0 Å². The predicted molar refractivity (Wildman–Crippen MR) is 65.0 cm³/mol. The molecule has 1 aliphatic heterocycles. The van der Waals surface area contributed by atoms with Crippen molar-refractivity contribution in [1.82, 2.24) is 10.2 Å². The van der Waals surface area contributed by atoms with Crippen LogP contribution in [0.5, 0.6) is 0 Å². The molecule has 2 rings (SSSR count). The first-order valence-electron chi connectivity index (χ1n) is 6.50. The van der Waals surface area contributed by atoms with E-state index in [1.165, 1.54) is 45.4 Å². The van der Waals surface area contributed by atoms with Gasteiger partial charge in [-0.1, -0.05) is 20.8 Å². The molecule has 88 valence electrons. The zero-order chi connectivity index (χ0) is 10.9. The van der Waals surface area contributed by atoms with E-state index in [2.05, 4.69) is 31.0 Å². The maximum atomic E-state index is 3.67. The molecule has 0 spiro atoms. The summed E-state index contributed by atoms with van der Waals surface area (Å²) in [4.78, 5) is 2.66. The van der Waals surface area contributed by atoms with Gasteiger partial charge in [0, 0.05) is 25.7 Å². The van der Waals surface area contributed by atoms with Crippen molar-refractivity contribution in [3.05, 3.63) is 0 Å². The summed E-state index contributed by atoms with van der Waals surface area (Å²) in [6.07, 6.45) is 4.25. The predicted octanol–water partition coefficient (Wildman–Crippen LogP) is 2.11. The molecule has 1 atom stereocenters. The summed E-state index contributed by atoms with van der Waals surface area (Å²) in [5.41, 5.74) is 0.486. The Morgan fingerprint density at radius 1 is 1.27 bits per heavy atom. The second-order valence-corrected chi connectivity index (χ2v) is 6.51. The first kappa shape index (κ1) is 11.4. The lowest BCUT2D eigenvalue weighted by molar-refractivity contribution is 0.167. The van der Waals surface area contributed by atoms with Crippen molar-refractivity contribution in [3.8, 4) is 0 Å². The van der Waals surface area contributed by atoms with Crippen LogP contribution in [0.4, 0.5) is 0 Å². The molecular weight excluding hydrogens is 184 g/mol. The average molecular weight is 210 g/mol. The van der Waals surface area contributed by atoms with Gasteiger partial charge in [0.15, 0.2) is 0 Å². The third-order valence-electron chi connectivity index (χ3n) is 3.66. The molecule has 0 bridgehead atoms. The quantitative estimate of drug-likeness (QED) is 0.767. The van der Waals surface area contributed by atoms with Gasteiger partial charge in [0.2, 0.25) is 0 Å². The summed E-state index contributed by atoms with van der Waals surface area (Å²) < 4.78 is 0. The summed E-state index contributed by atoms with van der Waals surface area (Å²) in [6, 6.07) is 0.804. The van der Waals surface area contributed by atoms with Gasteiger partial charge in [0.05, 0.1) is 0 Å². The van der Waals surface area contributed by atoms with E-state index in [1.807, 2.05) is 0 Å². The molecule has 2 aliphatic rings. The molecule has 2 heteroatoms. The number of nitrogens with zero attached hydrogens (tertiary/aromatic N) is 1. The summed E-state index contributed by atoms with van der Waals surface area (Å²) in [5, 5.41) is 3.67. The van der Waals surface area contributed by atoms with Gasteiger partial charge < -0.3 is 10.2 Å². The Morgan fingerprint density at radius 3 is 2.60 bits per heavy atom. The van der Waals surface area contributed by atoms with Crippen LogP contribution in [0.25, 0.3) is 0 Å². The highest BCUT2D eigenvalue weighted by molar-refractivity contribution is 4.91. The normalized spacial score (nSPS) is 29.4. The first-order valence-corrected chi connectivity index (χ1v) is 6.50. The van der Waals surface area contributed by atoms with Crippen LogP contribution in [0.1, 0.15) is 40.0 Å². The van der Waals surface area contributed by atoms with Crippen LogP contribution in [0.15, 0.2) is 0 Å². The van der Waals surface area contributed by atoms with E-state index < -0.39 is 0 Å². The zero-order valence-electron chi connectivity index (χ0n) is 10.6. The van der Waals surface area contributed by atoms with Gasteiger partial charge >= 0.3 is 0 Å². The summed E-state index contributed by atoms with van der Waals surface area (Å²) >= 11 is 0. The molecule has 0 aromatic rings. The lowest BCUT2D eigenvalue weighted by Gasteiger charge is -2.35. The van der Waals surface area contributed by atoms with Gasteiger partial charge in [-0.05, 0) is 37.1 Å². The largest absolute Gasteiger partial charge is 0.311 e. The van der Waals surface area contributed by atoms with E-state index in [-0.39, 0.29) is 0 Å². The maximum Gasteiger partial charge on any atom is 0.0223 e. The van der Waals surface area contributed by atoms with Gasteiger partial charge in [0.25, 0.3) is 0 Å². The molecule has 1 unspecified atom stereocenters. The molecular formula is C13H26N2. The van der Waals surface area contributed by atoms with Crippen LogP contribution < -0.4 is 5.32 Å². The van der Waals surface area contributed by atoms with Crippen LogP contribution in [0.2, 0.25) is 0 Å². The van der Waals surface area contributed by atoms with Gasteiger partial charge in [-0.2, -0.15) is 0 Å². The Morgan fingerprint density at radius 2 is 2.00 bits per heavy atom. The third-order valence-corrected chi connectivity index (χ3v) is 3.66. The molecule has 1 heterocycles. The van der Waals surface area contributed by atoms with Crippen LogP contribution in [0, 0.1) is 11.3 Å². The van der Waals surface area contributed by atoms with Crippen LogP contribution >= 0.6 is 0 Å².